The second kappa shape index (κ2) is 7.41. The van der Waals surface area contributed by atoms with Crippen LogP contribution in [0.5, 0.6) is 5.75 Å². The van der Waals surface area contributed by atoms with Crippen LogP contribution in [0, 0.1) is 13.8 Å². The summed E-state index contributed by atoms with van der Waals surface area (Å²) in [5, 5.41) is 5.10. The molecule has 0 amide bonds. The van der Waals surface area contributed by atoms with Gasteiger partial charge in [0.15, 0.2) is 0 Å². The molecule has 0 bridgehead atoms. The van der Waals surface area contributed by atoms with Crippen molar-refractivity contribution in [3.63, 3.8) is 0 Å². The van der Waals surface area contributed by atoms with Gasteiger partial charge in [0.05, 0.1) is 6.04 Å². The molecule has 0 radical (unpaired) electrons. The highest BCUT2D eigenvalue weighted by molar-refractivity contribution is 5.89. The van der Waals surface area contributed by atoms with Gasteiger partial charge in [-0.2, -0.15) is 0 Å². The van der Waals surface area contributed by atoms with Crippen molar-refractivity contribution in [2.24, 2.45) is 0 Å². The molecule has 146 valence electrons. The van der Waals surface area contributed by atoms with Crippen LogP contribution in [0.4, 0.5) is 0 Å². The van der Waals surface area contributed by atoms with Crippen LogP contribution < -0.4 is 10.1 Å². The Morgan fingerprint density at radius 3 is 2.69 bits per heavy atom. The number of aryl methyl sites for hydroxylation is 2. The first-order valence-electron chi connectivity index (χ1n) is 10.3. The van der Waals surface area contributed by atoms with Gasteiger partial charge in [0.1, 0.15) is 12.4 Å². The second-order valence-electron chi connectivity index (χ2n) is 8.01. The van der Waals surface area contributed by atoms with Crippen molar-refractivity contribution in [1.29, 1.82) is 0 Å². The lowest BCUT2D eigenvalue weighted by atomic mass is 9.93. The van der Waals surface area contributed by atoms with Crippen LogP contribution in [-0.2, 0) is 13.0 Å². The van der Waals surface area contributed by atoms with Crippen molar-refractivity contribution in [2.75, 3.05) is 6.54 Å². The largest absolute Gasteiger partial charge is 0.489 e. The molecule has 5 rings (SSSR count). The Morgan fingerprint density at radius 1 is 0.966 bits per heavy atom. The Hall–Kier alpha value is -3.04. The number of fused-ring (bicyclic) bond motifs is 3. The molecule has 3 aromatic carbocycles. The highest BCUT2D eigenvalue weighted by Crippen LogP contribution is 2.36. The van der Waals surface area contributed by atoms with Crippen molar-refractivity contribution < 1.29 is 4.74 Å². The number of hydrogen-bond acceptors (Lipinski definition) is 2. The van der Waals surface area contributed by atoms with Crippen LogP contribution >= 0.6 is 0 Å². The van der Waals surface area contributed by atoms with Crippen LogP contribution in [0.15, 0.2) is 66.7 Å². The summed E-state index contributed by atoms with van der Waals surface area (Å²) in [5.41, 5.74) is 9.07. The summed E-state index contributed by atoms with van der Waals surface area (Å²) in [6, 6.07) is 23.5. The Labute approximate surface area is 171 Å². The fraction of sp³-hybridized carbons (Fsp3) is 0.231. The Morgan fingerprint density at radius 2 is 1.83 bits per heavy atom. The molecule has 0 saturated heterocycles. The molecule has 2 N–H and O–H groups in total. The zero-order chi connectivity index (χ0) is 19.8. The van der Waals surface area contributed by atoms with E-state index in [1.165, 1.54) is 44.4 Å². The van der Waals surface area contributed by atoms with Crippen molar-refractivity contribution >= 4 is 10.9 Å². The highest BCUT2D eigenvalue weighted by Gasteiger charge is 2.26. The normalized spacial score (nSPS) is 16.0. The van der Waals surface area contributed by atoms with Crippen LogP contribution in [0.1, 0.15) is 39.6 Å². The molecule has 3 nitrogen and oxygen atoms in total. The summed E-state index contributed by atoms with van der Waals surface area (Å²) in [4.78, 5) is 3.72. The molecule has 1 aliphatic rings. The van der Waals surface area contributed by atoms with E-state index in [0.717, 1.165) is 18.7 Å². The zero-order valence-electron chi connectivity index (χ0n) is 17.0. The Balaban J connectivity index is 1.47. The van der Waals surface area contributed by atoms with Gasteiger partial charge in [-0.25, -0.2) is 0 Å². The fourth-order valence-electron chi connectivity index (χ4n) is 4.58. The predicted molar refractivity (Wildman–Crippen MR) is 119 cm³/mol. The van der Waals surface area contributed by atoms with E-state index in [4.69, 9.17) is 4.74 Å². The maximum absolute atomic E-state index is 6.07. The molecule has 1 atom stereocenters. The lowest BCUT2D eigenvalue weighted by Gasteiger charge is -2.25. The maximum Gasteiger partial charge on any atom is 0.120 e. The van der Waals surface area contributed by atoms with Crippen molar-refractivity contribution in [1.82, 2.24) is 10.3 Å². The number of H-pyrrole nitrogens is 1. The van der Waals surface area contributed by atoms with Gasteiger partial charge in [-0.05, 0) is 66.3 Å². The summed E-state index contributed by atoms with van der Waals surface area (Å²) in [6.45, 7) is 5.94. The third-order valence-corrected chi connectivity index (χ3v) is 5.83. The molecule has 1 aromatic heterocycles. The van der Waals surface area contributed by atoms with Crippen molar-refractivity contribution in [3.05, 3.63) is 100 Å². The maximum atomic E-state index is 6.07. The van der Waals surface area contributed by atoms with E-state index in [2.05, 4.69) is 66.6 Å². The van der Waals surface area contributed by atoms with Crippen LogP contribution in [0.2, 0.25) is 0 Å². The molecule has 0 spiro atoms. The smallest absolute Gasteiger partial charge is 0.120 e. The zero-order valence-corrected chi connectivity index (χ0v) is 17.0. The lowest BCUT2D eigenvalue weighted by molar-refractivity contribution is 0.305. The lowest BCUT2D eigenvalue weighted by Crippen LogP contribution is -2.30. The van der Waals surface area contributed by atoms with E-state index in [-0.39, 0.29) is 6.04 Å². The molecule has 0 saturated carbocycles. The molecule has 0 fully saturated rings. The fourth-order valence-corrected chi connectivity index (χ4v) is 4.58. The van der Waals surface area contributed by atoms with E-state index in [0.29, 0.717) is 6.61 Å². The highest BCUT2D eigenvalue weighted by atomic mass is 16.5. The summed E-state index contributed by atoms with van der Waals surface area (Å²) in [5.74, 6) is 0.906. The number of nitrogens with one attached hydrogen (secondary N) is 2. The van der Waals surface area contributed by atoms with E-state index in [9.17, 15) is 0 Å². The molecular formula is C26H26N2O. The van der Waals surface area contributed by atoms with Crippen LogP contribution in [0.3, 0.4) is 0 Å². The average Bonchev–Trinajstić information content (AvgIpc) is 3.11. The van der Waals surface area contributed by atoms with Gasteiger partial charge < -0.3 is 15.0 Å². The number of aromatic nitrogens is 1. The minimum Gasteiger partial charge on any atom is -0.489 e. The Bertz CT molecular complexity index is 1160. The van der Waals surface area contributed by atoms with Crippen LogP contribution in [0.25, 0.3) is 10.9 Å². The number of benzene rings is 3. The number of rotatable bonds is 4. The predicted octanol–water partition coefficient (Wildman–Crippen LogP) is 5.60. The first-order chi connectivity index (χ1) is 14.2. The molecule has 1 aliphatic heterocycles. The summed E-state index contributed by atoms with van der Waals surface area (Å²) >= 11 is 0. The first kappa shape index (κ1) is 18.0. The standard InChI is InChI=1S/C26H26N2O/c1-17-13-18(2)24-22-11-12-27-25(26(22)28-23(24)14-17)20-9-6-10-21(15-20)29-16-19-7-4-3-5-8-19/h3-10,13-15,25,27-28H,11-12,16H2,1-2H3. The third-order valence-electron chi connectivity index (χ3n) is 5.83. The molecule has 29 heavy (non-hydrogen) atoms. The van der Waals surface area contributed by atoms with Gasteiger partial charge in [0, 0.05) is 23.1 Å². The molecule has 0 aliphatic carbocycles. The molecule has 2 heterocycles. The molecule has 1 unspecified atom stereocenters. The van der Waals surface area contributed by atoms with E-state index < -0.39 is 0 Å². The second-order valence-corrected chi connectivity index (χ2v) is 8.01. The quantitative estimate of drug-likeness (QED) is 0.482. The van der Waals surface area contributed by atoms with Gasteiger partial charge in [0.2, 0.25) is 0 Å². The average molecular weight is 383 g/mol. The minimum absolute atomic E-state index is 0.158. The third kappa shape index (κ3) is 3.43. The minimum atomic E-state index is 0.158. The Kier molecular flexibility index (Phi) is 4.61. The van der Waals surface area contributed by atoms with Crippen molar-refractivity contribution in [2.45, 2.75) is 32.9 Å². The van der Waals surface area contributed by atoms with Gasteiger partial charge in [0.25, 0.3) is 0 Å². The van der Waals surface area contributed by atoms with Crippen LogP contribution in [-0.4, -0.2) is 11.5 Å². The van der Waals surface area contributed by atoms with E-state index in [1.807, 2.05) is 24.3 Å². The first-order valence-corrected chi connectivity index (χ1v) is 10.3. The number of hydrogen-bond donors (Lipinski definition) is 2. The number of aromatic amines is 1. The van der Waals surface area contributed by atoms with Crippen molar-refractivity contribution in [3.8, 4) is 5.75 Å². The topological polar surface area (TPSA) is 37.0 Å². The van der Waals surface area contributed by atoms with Gasteiger partial charge in [-0.3, -0.25) is 0 Å². The SMILES string of the molecule is Cc1cc(C)c2c3c([nH]c2c1)C(c1cccc(OCc2ccccc2)c1)NCC3. The summed E-state index contributed by atoms with van der Waals surface area (Å²) in [7, 11) is 0. The summed E-state index contributed by atoms with van der Waals surface area (Å²) in [6.07, 6.45) is 1.06. The van der Waals surface area contributed by atoms with Gasteiger partial charge >= 0.3 is 0 Å². The molecule has 3 heteroatoms. The monoisotopic (exact) mass is 382 g/mol. The van der Waals surface area contributed by atoms with Gasteiger partial charge in [-0.15, -0.1) is 0 Å². The summed E-state index contributed by atoms with van der Waals surface area (Å²) < 4.78 is 6.07. The van der Waals surface area contributed by atoms with Gasteiger partial charge in [-0.1, -0.05) is 48.5 Å². The number of ether oxygens (including phenoxy) is 1. The molecular weight excluding hydrogens is 356 g/mol. The molecule has 4 aromatic rings. The van der Waals surface area contributed by atoms with E-state index in [1.54, 1.807) is 0 Å². The van der Waals surface area contributed by atoms with E-state index >= 15 is 0 Å².